The Labute approximate surface area is 158 Å². The van der Waals surface area contributed by atoms with E-state index >= 15 is 0 Å². The van der Waals surface area contributed by atoms with Gasteiger partial charge in [-0.25, -0.2) is 9.97 Å². The van der Waals surface area contributed by atoms with Crippen LogP contribution in [0.4, 0.5) is 17.3 Å². The molecule has 0 spiro atoms. The van der Waals surface area contributed by atoms with Crippen molar-refractivity contribution in [2.75, 3.05) is 63.9 Å². The number of rotatable bonds is 6. The Morgan fingerprint density at radius 3 is 2.46 bits per heavy atom. The molecular weight excluding hydrogens is 350 g/mol. The summed E-state index contributed by atoms with van der Waals surface area (Å²) in [5.74, 6) is 3.15. The fourth-order valence-electron chi connectivity index (χ4n) is 2.81. The van der Waals surface area contributed by atoms with Gasteiger partial charge in [-0.15, -0.1) is 0 Å². The van der Waals surface area contributed by atoms with Crippen LogP contribution in [-0.2, 0) is 0 Å². The largest absolute Gasteiger partial charge is 0.497 e. The highest BCUT2D eigenvalue weighted by Crippen LogP contribution is 2.32. The van der Waals surface area contributed by atoms with Gasteiger partial charge in [0.25, 0.3) is 0 Å². The number of benzene rings is 1. The van der Waals surface area contributed by atoms with Crippen LogP contribution in [0.25, 0.3) is 0 Å². The van der Waals surface area contributed by atoms with E-state index in [4.69, 9.17) is 9.47 Å². The zero-order valence-electron chi connectivity index (χ0n) is 15.7. The summed E-state index contributed by atoms with van der Waals surface area (Å²) in [6, 6.07) is 7.66. The predicted molar refractivity (Wildman–Crippen MR) is 106 cm³/mol. The van der Waals surface area contributed by atoms with Crippen LogP contribution >= 0.6 is 11.8 Å². The average Bonchev–Trinajstić information content (AvgIpc) is 2.68. The minimum absolute atomic E-state index is 0.704. The van der Waals surface area contributed by atoms with E-state index in [1.807, 2.05) is 30.5 Å². The van der Waals surface area contributed by atoms with Crippen LogP contribution in [0.15, 0.2) is 29.4 Å². The first kappa shape index (κ1) is 18.6. The molecule has 8 heteroatoms. The van der Waals surface area contributed by atoms with Crippen molar-refractivity contribution in [1.82, 2.24) is 14.9 Å². The Morgan fingerprint density at radius 2 is 1.81 bits per heavy atom. The van der Waals surface area contributed by atoms with Gasteiger partial charge in [0.15, 0.2) is 5.16 Å². The lowest BCUT2D eigenvalue weighted by Gasteiger charge is -2.33. The van der Waals surface area contributed by atoms with Gasteiger partial charge in [-0.1, -0.05) is 11.8 Å². The van der Waals surface area contributed by atoms with Crippen LogP contribution < -0.4 is 19.7 Å². The maximum absolute atomic E-state index is 5.47. The molecule has 2 heterocycles. The Hall–Kier alpha value is -2.19. The van der Waals surface area contributed by atoms with Crippen molar-refractivity contribution in [3.05, 3.63) is 24.3 Å². The first-order valence-corrected chi connectivity index (χ1v) is 9.71. The molecule has 0 saturated carbocycles. The molecule has 0 bridgehead atoms. The van der Waals surface area contributed by atoms with E-state index in [0.717, 1.165) is 54.4 Å². The van der Waals surface area contributed by atoms with Gasteiger partial charge in [0.1, 0.15) is 23.1 Å². The number of ether oxygens (including phenoxy) is 2. The molecule has 7 nitrogen and oxygen atoms in total. The number of anilines is 3. The Morgan fingerprint density at radius 1 is 1.04 bits per heavy atom. The summed E-state index contributed by atoms with van der Waals surface area (Å²) in [4.78, 5) is 13.9. The van der Waals surface area contributed by atoms with Crippen molar-refractivity contribution in [1.29, 1.82) is 0 Å². The smallest absolute Gasteiger partial charge is 0.191 e. The molecule has 140 valence electrons. The third kappa shape index (κ3) is 4.31. The fraction of sp³-hybridized carbons (Fsp3) is 0.444. The molecule has 0 aliphatic carbocycles. The van der Waals surface area contributed by atoms with E-state index in [1.165, 1.54) is 11.8 Å². The van der Waals surface area contributed by atoms with Gasteiger partial charge >= 0.3 is 0 Å². The SMILES string of the molecule is COc1ccc(Nc2cc(N3CCN(C)CC3)nc(SC)n2)c(OC)c1. The van der Waals surface area contributed by atoms with Crippen LogP contribution in [0.2, 0.25) is 0 Å². The molecule has 3 rings (SSSR count). The molecule has 0 atom stereocenters. The van der Waals surface area contributed by atoms with E-state index in [0.29, 0.717) is 5.75 Å². The quantitative estimate of drug-likeness (QED) is 0.611. The van der Waals surface area contributed by atoms with Gasteiger partial charge in [0.05, 0.1) is 19.9 Å². The predicted octanol–water partition coefficient (Wildman–Crippen LogP) is 2.71. The summed E-state index contributed by atoms with van der Waals surface area (Å²) >= 11 is 1.54. The summed E-state index contributed by atoms with van der Waals surface area (Å²) in [5.41, 5.74) is 0.836. The molecule has 2 aromatic rings. The van der Waals surface area contributed by atoms with Gasteiger partial charge in [-0.3, -0.25) is 0 Å². The summed E-state index contributed by atoms with van der Waals surface area (Å²) in [6.45, 7) is 4.00. The number of aromatic nitrogens is 2. The molecule has 1 fully saturated rings. The molecule has 1 aromatic carbocycles. The summed E-state index contributed by atoms with van der Waals surface area (Å²) in [5, 5.41) is 4.10. The van der Waals surface area contributed by atoms with Crippen molar-refractivity contribution in [3.63, 3.8) is 0 Å². The molecule has 0 radical (unpaired) electrons. The van der Waals surface area contributed by atoms with Crippen LogP contribution in [0.5, 0.6) is 11.5 Å². The van der Waals surface area contributed by atoms with Crippen LogP contribution in [0.3, 0.4) is 0 Å². The van der Waals surface area contributed by atoms with Crippen molar-refractivity contribution >= 4 is 29.1 Å². The molecule has 0 amide bonds. The lowest BCUT2D eigenvalue weighted by molar-refractivity contribution is 0.312. The molecule has 1 saturated heterocycles. The molecule has 0 unspecified atom stereocenters. The minimum Gasteiger partial charge on any atom is -0.497 e. The van der Waals surface area contributed by atoms with Crippen molar-refractivity contribution in [2.45, 2.75) is 5.16 Å². The second kappa shape index (κ2) is 8.46. The van der Waals surface area contributed by atoms with Gasteiger partial charge in [0, 0.05) is 38.3 Å². The van der Waals surface area contributed by atoms with Gasteiger partial charge in [-0.05, 0) is 25.4 Å². The fourth-order valence-corrected chi connectivity index (χ4v) is 3.18. The topological polar surface area (TPSA) is 62.8 Å². The van der Waals surface area contributed by atoms with E-state index in [9.17, 15) is 0 Å². The number of thioether (sulfide) groups is 1. The zero-order valence-corrected chi connectivity index (χ0v) is 16.5. The first-order chi connectivity index (χ1) is 12.6. The summed E-state index contributed by atoms with van der Waals surface area (Å²) in [7, 11) is 5.43. The third-order valence-electron chi connectivity index (χ3n) is 4.37. The second-order valence-corrected chi connectivity index (χ2v) is 6.85. The molecule has 1 aliphatic rings. The highest BCUT2D eigenvalue weighted by atomic mass is 32.2. The van der Waals surface area contributed by atoms with E-state index in [1.54, 1.807) is 14.2 Å². The van der Waals surface area contributed by atoms with Gasteiger partial charge in [0.2, 0.25) is 0 Å². The minimum atomic E-state index is 0.704. The Bertz CT molecular complexity index is 750. The number of methoxy groups -OCH3 is 2. The standard InChI is InChI=1S/C18H25N5O2S/c1-22-7-9-23(10-8-22)17-12-16(20-18(21-17)26-4)19-14-6-5-13(24-2)11-15(14)25-3/h5-6,11-12H,7-10H2,1-4H3,(H,19,20,21). The highest BCUT2D eigenvalue weighted by molar-refractivity contribution is 7.98. The lowest BCUT2D eigenvalue weighted by Crippen LogP contribution is -2.44. The number of nitrogens with one attached hydrogen (secondary N) is 1. The highest BCUT2D eigenvalue weighted by Gasteiger charge is 2.17. The van der Waals surface area contributed by atoms with Crippen LogP contribution in [0.1, 0.15) is 0 Å². The van der Waals surface area contributed by atoms with Gasteiger partial charge in [-0.2, -0.15) is 0 Å². The zero-order chi connectivity index (χ0) is 18.5. The van der Waals surface area contributed by atoms with E-state index in [2.05, 4.69) is 32.1 Å². The van der Waals surface area contributed by atoms with Gasteiger partial charge < -0.3 is 24.6 Å². The maximum Gasteiger partial charge on any atom is 0.191 e. The van der Waals surface area contributed by atoms with E-state index in [-0.39, 0.29) is 0 Å². The second-order valence-electron chi connectivity index (χ2n) is 6.08. The molecule has 26 heavy (non-hydrogen) atoms. The first-order valence-electron chi connectivity index (χ1n) is 8.48. The number of piperazine rings is 1. The number of hydrogen-bond acceptors (Lipinski definition) is 8. The van der Waals surface area contributed by atoms with Crippen molar-refractivity contribution < 1.29 is 9.47 Å². The summed E-state index contributed by atoms with van der Waals surface area (Å²) < 4.78 is 10.7. The lowest BCUT2D eigenvalue weighted by atomic mass is 10.2. The molecule has 1 aromatic heterocycles. The summed E-state index contributed by atoms with van der Waals surface area (Å²) in [6.07, 6.45) is 1.99. The molecule has 1 aliphatic heterocycles. The van der Waals surface area contributed by atoms with Crippen LogP contribution in [0, 0.1) is 0 Å². The Kier molecular flexibility index (Phi) is 6.05. The van der Waals surface area contributed by atoms with Crippen molar-refractivity contribution in [3.8, 4) is 11.5 Å². The van der Waals surface area contributed by atoms with Crippen LogP contribution in [-0.4, -0.2) is 68.6 Å². The third-order valence-corrected chi connectivity index (χ3v) is 4.92. The maximum atomic E-state index is 5.47. The average molecular weight is 375 g/mol. The van der Waals surface area contributed by atoms with Crippen molar-refractivity contribution in [2.24, 2.45) is 0 Å². The Balaban J connectivity index is 1.87. The number of hydrogen-bond donors (Lipinski definition) is 1. The number of nitrogens with zero attached hydrogens (tertiary/aromatic N) is 4. The monoisotopic (exact) mass is 375 g/mol. The number of likely N-dealkylation sites (N-methyl/N-ethyl adjacent to an activating group) is 1. The molecular formula is C18H25N5O2S. The normalized spacial score (nSPS) is 15.0. The van der Waals surface area contributed by atoms with E-state index < -0.39 is 0 Å². The molecule has 1 N–H and O–H groups in total.